The van der Waals surface area contributed by atoms with Crippen molar-refractivity contribution in [3.63, 3.8) is 0 Å². The number of carbonyl (C=O) groups is 1. The molecule has 21 heavy (non-hydrogen) atoms. The first-order valence-corrected chi connectivity index (χ1v) is 8.44. The van der Waals surface area contributed by atoms with Crippen LogP contribution >= 0.6 is 0 Å². The summed E-state index contributed by atoms with van der Waals surface area (Å²) >= 11 is 0. The van der Waals surface area contributed by atoms with Crippen molar-refractivity contribution in [3.8, 4) is 5.75 Å². The molecule has 0 radical (unpaired) electrons. The van der Waals surface area contributed by atoms with Gasteiger partial charge in [-0.15, -0.1) is 0 Å². The molecule has 0 aromatic heterocycles. The fraction of sp³-hybridized carbons (Fsp3) is 0.500. The molecule has 1 aromatic carbocycles. The molecule has 0 spiro atoms. The van der Waals surface area contributed by atoms with Gasteiger partial charge in [-0.1, -0.05) is 25.7 Å². The molecule has 0 unspecified atom stereocenters. The van der Waals surface area contributed by atoms with Crippen LogP contribution in [0.2, 0.25) is 0 Å². The Morgan fingerprint density at radius 2 is 1.95 bits per heavy atom. The molecule has 1 aliphatic rings. The van der Waals surface area contributed by atoms with Gasteiger partial charge in [-0.05, 0) is 30.5 Å². The van der Waals surface area contributed by atoms with Crippen molar-refractivity contribution in [3.05, 3.63) is 23.8 Å². The van der Waals surface area contributed by atoms with E-state index < -0.39 is 27.3 Å². The lowest BCUT2D eigenvalue weighted by atomic mass is 10.1. The number of nitrogens with one attached hydrogen (secondary N) is 1. The summed E-state index contributed by atoms with van der Waals surface area (Å²) in [6, 6.07) is 3.24. The van der Waals surface area contributed by atoms with Gasteiger partial charge in [0.15, 0.2) is 0 Å². The summed E-state index contributed by atoms with van der Waals surface area (Å²) in [5.41, 5.74) is -0.423. The maximum Gasteiger partial charge on any atom is 0.339 e. The quantitative estimate of drug-likeness (QED) is 0.744. The van der Waals surface area contributed by atoms with Crippen LogP contribution < -0.4 is 4.72 Å². The van der Waals surface area contributed by atoms with Gasteiger partial charge in [0.2, 0.25) is 10.0 Å². The Labute approximate surface area is 123 Å². The third-order valence-electron chi connectivity index (χ3n) is 3.83. The number of aromatic carboxylic acids is 1. The minimum absolute atomic E-state index is 0.149. The van der Waals surface area contributed by atoms with Crippen LogP contribution in [0.25, 0.3) is 0 Å². The molecule has 0 amide bonds. The van der Waals surface area contributed by atoms with Crippen molar-refractivity contribution in [2.24, 2.45) is 5.92 Å². The van der Waals surface area contributed by atoms with E-state index in [1.165, 1.54) is 18.9 Å². The lowest BCUT2D eigenvalue weighted by molar-refractivity contribution is 0.0693. The standard InChI is InChI=1S/C14H19NO5S/c16-13-6-5-11(9-12(13)14(17)18)21(19,20)15-8-7-10-3-1-2-4-10/h5-6,9-10,15-16H,1-4,7-8H2,(H,17,18). The third-order valence-corrected chi connectivity index (χ3v) is 5.29. The van der Waals surface area contributed by atoms with E-state index in [1.54, 1.807) is 0 Å². The van der Waals surface area contributed by atoms with E-state index >= 15 is 0 Å². The first kappa shape index (κ1) is 15.8. The molecule has 0 bridgehead atoms. The fourth-order valence-corrected chi connectivity index (χ4v) is 3.71. The van der Waals surface area contributed by atoms with Crippen LogP contribution in [0.4, 0.5) is 0 Å². The zero-order valence-corrected chi connectivity index (χ0v) is 12.4. The number of phenols is 1. The van der Waals surface area contributed by atoms with Crippen LogP contribution in [0.1, 0.15) is 42.5 Å². The molecule has 116 valence electrons. The number of carboxylic acid groups (broad SMARTS) is 1. The third kappa shape index (κ3) is 3.95. The predicted molar refractivity (Wildman–Crippen MR) is 76.8 cm³/mol. The number of hydrogen-bond acceptors (Lipinski definition) is 4. The van der Waals surface area contributed by atoms with Crippen molar-refractivity contribution >= 4 is 16.0 Å². The SMILES string of the molecule is O=C(O)c1cc(S(=O)(=O)NCCC2CCCC2)ccc1O. The van der Waals surface area contributed by atoms with Crippen LogP contribution in [0.15, 0.2) is 23.1 Å². The monoisotopic (exact) mass is 313 g/mol. The molecule has 2 rings (SSSR count). The van der Waals surface area contributed by atoms with Gasteiger partial charge in [-0.3, -0.25) is 0 Å². The van der Waals surface area contributed by atoms with Crippen molar-refractivity contribution in [2.45, 2.75) is 37.0 Å². The van der Waals surface area contributed by atoms with E-state index in [0.717, 1.165) is 31.4 Å². The second-order valence-corrected chi connectivity index (χ2v) is 7.09. The molecule has 0 saturated heterocycles. The van der Waals surface area contributed by atoms with Crippen LogP contribution in [0, 0.1) is 5.92 Å². The van der Waals surface area contributed by atoms with E-state index in [1.807, 2.05) is 0 Å². The lowest BCUT2D eigenvalue weighted by Gasteiger charge is -2.11. The van der Waals surface area contributed by atoms with Gasteiger partial charge in [0.05, 0.1) is 4.90 Å². The normalized spacial score (nSPS) is 16.2. The first-order chi connectivity index (χ1) is 9.90. The van der Waals surface area contributed by atoms with Crippen LogP contribution in [-0.4, -0.2) is 31.1 Å². The number of rotatable bonds is 6. The lowest BCUT2D eigenvalue weighted by Crippen LogP contribution is -2.26. The summed E-state index contributed by atoms with van der Waals surface area (Å²) in [5.74, 6) is -1.25. The summed E-state index contributed by atoms with van der Waals surface area (Å²) in [7, 11) is -3.75. The van der Waals surface area contributed by atoms with E-state index in [0.29, 0.717) is 12.5 Å². The second kappa shape index (κ2) is 6.44. The highest BCUT2D eigenvalue weighted by Gasteiger charge is 2.20. The second-order valence-electron chi connectivity index (χ2n) is 5.32. The summed E-state index contributed by atoms with van der Waals surface area (Å²) in [4.78, 5) is 10.8. The smallest absolute Gasteiger partial charge is 0.339 e. The van der Waals surface area contributed by atoms with E-state index in [-0.39, 0.29) is 4.90 Å². The molecule has 1 aromatic rings. The molecular weight excluding hydrogens is 294 g/mol. The predicted octanol–water partition coefficient (Wildman–Crippen LogP) is 1.95. The number of benzene rings is 1. The summed E-state index contributed by atoms with van der Waals surface area (Å²) in [5, 5.41) is 18.3. The Bertz CT molecular complexity index is 620. The molecule has 1 aliphatic carbocycles. The molecule has 7 heteroatoms. The Kier molecular flexibility index (Phi) is 4.84. The van der Waals surface area contributed by atoms with Crippen LogP contribution in [0.3, 0.4) is 0 Å². The Balaban J connectivity index is 2.04. The highest BCUT2D eigenvalue weighted by atomic mass is 32.2. The van der Waals surface area contributed by atoms with Crippen molar-refractivity contribution in [1.29, 1.82) is 0 Å². The average Bonchev–Trinajstić information content (AvgIpc) is 2.91. The minimum Gasteiger partial charge on any atom is -0.507 e. The summed E-state index contributed by atoms with van der Waals surface area (Å²) < 4.78 is 26.7. The first-order valence-electron chi connectivity index (χ1n) is 6.96. The van der Waals surface area contributed by atoms with Crippen molar-refractivity contribution in [2.75, 3.05) is 6.54 Å². The molecule has 0 heterocycles. The molecule has 6 nitrogen and oxygen atoms in total. The van der Waals surface area contributed by atoms with Crippen LogP contribution in [-0.2, 0) is 10.0 Å². The van der Waals surface area contributed by atoms with Gasteiger partial charge in [0, 0.05) is 6.54 Å². The number of aromatic hydroxyl groups is 1. The van der Waals surface area contributed by atoms with Gasteiger partial charge < -0.3 is 10.2 Å². The van der Waals surface area contributed by atoms with Gasteiger partial charge in [-0.2, -0.15) is 0 Å². The maximum absolute atomic E-state index is 12.1. The highest BCUT2D eigenvalue weighted by molar-refractivity contribution is 7.89. The minimum atomic E-state index is -3.75. The molecular formula is C14H19NO5S. The van der Waals surface area contributed by atoms with Gasteiger partial charge in [-0.25, -0.2) is 17.9 Å². The molecule has 0 atom stereocenters. The summed E-state index contributed by atoms with van der Waals surface area (Å²) in [6.45, 7) is 0.344. The zero-order chi connectivity index (χ0) is 15.5. The van der Waals surface area contributed by atoms with E-state index in [2.05, 4.69) is 4.72 Å². The topological polar surface area (TPSA) is 104 Å². The van der Waals surface area contributed by atoms with Gasteiger partial charge >= 0.3 is 5.97 Å². The fourth-order valence-electron chi connectivity index (χ4n) is 2.63. The van der Waals surface area contributed by atoms with Crippen molar-refractivity contribution in [1.82, 2.24) is 4.72 Å². The van der Waals surface area contributed by atoms with Gasteiger partial charge in [0.1, 0.15) is 11.3 Å². The highest BCUT2D eigenvalue weighted by Crippen LogP contribution is 2.27. The van der Waals surface area contributed by atoms with Gasteiger partial charge in [0.25, 0.3) is 0 Å². The Morgan fingerprint density at radius 1 is 1.29 bits per heavy atom. The number of carboxylic acids is 1. The van der Waals surface area contributed by atoms with Crippen molar-refractivity contribution < 1.29 is 23.4 Å². The summed E-state index contributed by atoms with van der Waals surface area (Å²) in [6.07, 6.45) is 5.49. The largest absolute Gasteiger partial charge is 0.507 e. The van der Waals surface area contributed by atoms with Crippen LogP contribution in [0.5, 0.6) is 5.75 Å². The molecule has 3 N–H and O–H groups in total. The number of hydrogen-bond donors (Lipinski definition) is 3. The van der Waals surface area contributed by atoms with E-state index in [9.17, 15) is 18.3 Å². The number of sulfonamides is 1. The Hall–Kier alpha value is -1.60. The maximum atomic E-state index is 12.1. The van der Waals surface area contributed by atoms with E-state index in [4.69, 9.17) is 5.11 Å². The zero-order valence-electron chi connectivity index (χ0n) is 11.6. The molecule has 1 saturated carbocycles. The molecule has 1 fully saturated rings. The Morgan fingerprint density at radius 3 is 2.57 bits per heavy atom. The average molecular weight is 313 g/mol. The molecule has 0 aliphatic heterocycles.